The van der Waals surface area contributed by atoms with Gasteiger partial charge < -0.3 is 14.8 Å². The van der Waals surface area contributed by atoms with Crippen molar-refractivity contribution in [2.45, 2.75) is 19.5 Å². The van der Waals surface area contributed by atoms with Crippen LogP contribution in [0, 0.1) is 11.3 Å². The summed E-state index contributed by atoms with van der Waals surface area (Å²) in [6.07, 6.45) is 0. The van der Waals surface area contributed by atoms with E-state index < -0.39 is 6.04 Å². The molecule has 2 aromatic carbocycles. The van der Waals surface area contributed by atoms with Crippen molar-refractivity contribution in [2.24, 2.45) is 0 Å². The van der Waals surface area contributed by atoms with Gasteiger partial charge in [0, 0.05) is 12.1 Å². The second-order valence-electron chi connectivity index (χ2n) is 5.89. The van der Waals surface area contributed by atoms with E-state index in [4.69, 9.17) is 14.7 Å². The van der Waals surface area contributed by atoms with Crippen LogP contribution >= 0.6 is 0 Å². The molecule has 1 N–H and O–H groups in total. The van der Waals surface area contributed by atoms with Gasteiger partial charge in [-0.2, -0.15) is 5.26 Å². The highest BCUT2D eigenvalue weighted by Gasteiger charge is 2.21. The second-order valence-corrected chi connectivity index (χ2v) is 5.89. The third-order valence-electron chi connectivity index (χ3n) is 4.25. The van der Waals surface area contributed by atoms with Crippen LogP contribution in [0.15, 0.2) is 42.5 Å². The first-order valence-electron chi connectivity index (χ1n) is 8.22. The quantitative estimate of drug-likeness (QED) is 0.828. The number of rotatable bonds is 7. The fourth-order valence-electron chi connectivity index (χ4n) is 2.61. The minimum atomic E-state index is -0.405. The van der Waals surface area contributed by atoms with Crippen molar-refractivity contribution in [3.63, 3.8) is 0 Å². The van der Waals surface area contributed by atoms with Gasteiger partial charge in [0.1, 0.15) is 6.07 Å². The van der Waals surface area contributed by atoms with Gasteiger partial charge in [0.15, 0.2) is 11.5 Å². The predicted octanol–water partition coefficient (Wildman–Crippen LogP) is 3.03. The molecule has 1 amide bonds. The van der Waals surface area contributed by atoms with E-state index in [9.17, 15) is 4.79 Å². The summed E-state index contributed by atoms with van der Waals surface area (Å²) in [5.74, 6) is 1.12. The summed E-state index contributed by atoms with van der Waals surface area (Å²) >= 11 is 0. The van der Waals surface area contributed by atoms with Gasteiger partial charge >= 0.3 is 0 Å². The van der Waals surface area contributed by atoms with Crippen LogP contribution in [0.3, 0.4) is 0 Å². The minimum absolute atomic E-state index is 0.183. The van der Waals surface area contributed by atoms with E-state index in [0.29, 0.717) is 29.3 Å². The number of carbonyl (C=O) groups is 1. The first kappa shape index (κ1) is 19.3. The molecule has 0 bridgehead atoms. The Labute approximate surface area is 153 Å². The Morgan fingerprint density at radius 1 is 1.19 bits per heavy atom. The standard InChI is InChI=1S/C20H23N3O3/c1-14(20(24)22-17-10-6-5-8-15(17)12-21)23(2)13-16-9-7-11-18(25-3)19(16)26-4/h5-11,14H,13H2,1-4H3,(H,22,24). The Hall–Kier alpha value is -3.04. The molecule has 0 aliphatic carbocycles. The van der Waals surface area contributed by atoms with E-state index in [1.807, 2.05) is 37.1 Å². The lowest BCUT2D eigenvalue weighted by Gasteiger charge is -2.25. The number of ether oxygens (including phenoxy) is 2. The highest BCUT2D eigenvalue weighted by molar-refractivity contribution is 5.95. The van der Waals surface area contributed by atoms with E-state index in [1.165, 1.54) is 0 Å². The van der Waals surface area contributed by atoms with Crippen molar-refractivity contribution in [3.05, 3.63) is 53.6 Å². The zero-order valence-corrected chi connectivity index (χ0v) is 15.4. The highest BCUT2D eigenvalue weighted by atomic mass is 16.5. The topological polar surface area (TPSA) is 74.6 Å². The maximum Gasteiger partial charge on any atom is 0.241 e. The summed E-state index contributed by atoms with van der Waals surface area (Å²) in [4.78, 5) is 14.5. The summed E-state index contributed by atoms with van der Waals surface area (Å²) in [6.45, 7) is 2.33. The fourth-order valence-corrected chi connectivity index (χ4v) is 2.61. The van der Waals surface area contributed by atoms with Gasteiger partial charge in [-0.25, -0.2) is 0 Å². The van der Waals surface area contributed by atoms with E-state index in [1.54, 1.807) is 38.5 Å². The van der Waals surface area contributed by atoms with Crippen molar-refractivity contribution >= 4 is 11.6 Å². The summed E-state index contributed by atoms with van der Waals surface area (Å²) in [7, 11) is 5.05. The number of methoxy groups -OCH3 is 2. The molecule has 6 heteroatoms. The zero-order chi connectivity index (χ0) is 19.1. The molecule has 0 fully saturated rings. The van der Waals surface area contributed by atoms with E-state index in [-0.39, 0.29) is 5.91 Å². The summed E-state index contributed by atoms with van der Waals surface area (Å²) in [6, 6.07) is 14.3. The Bertz CT molecular complexity index is 814. The first-order valence-corrected chi connectivity index (χ1v) is 8.22. The van der Waals surface area contributed by atoms with Gasteiger partial charge in [-0.1, -0.05) is 24.3 Å². The van der Waals surface area contributed by atoms with Crippen molar-refractivity contribution in [1.29, 1.82) is 5.26 Å². The Balaban J connectivity index is 2.11. The number of anilines is 1. The van der Waals surface area contributed by atoms with Crippen LogP contribution in [0.2, 0.25) is 0 Å². The molecule has 2 aromatic rings. The van der Waals surface area contributed by atoms with Gasteiger partial charge in [-0.05, 0) is 32.2 Å². The molecule has 1 atom stereocenters. The maximum atomic E-state index is 12.6. The molecular formula is C20H23N3O3. The number of nitrogens with one attached hydrogen (secondary N) is 1. The molecule has 0 radical (unpaired) electrons. The average molecular weight is 353 g/mol. The van der Waals surface area contributed by atoms with Crippen LogP contribution in [0.4, 0.5) is 5.69 Å². The lowest BCUT2D eigenvalue weighted by molar-refractivity contribution is -0.120. The predicted molar refractivity (Wildman–Crippen MR) is 100 cm³/mol. The number of hydrogen-bond donors (Lipinski definition) is 1. The second kappa shape index (κ2) is 8.88. The van der Waals surface area contributed by atoms with E-state index >= 15 is 0 Å². The number of amides is 1. The molecule has 2 rings (SSSR count). The SMILES string of the molecule is COc1cccc(CN(C)C(C)C(=O)Nc2ccccc2C#N)c1OC. The molecule has 0 aromatic heterocycles. The third-order valence-corrected chi connectivity index (χ3v) is 4.25. The summed E-state index contributed by atoms with van der Waals surface area (Å²) < 4.78 is 10.8. The smallest absolute Gasteiger partial charge is 0.241 e. The van der Waals surface area contributed by atoms with Gasteiger partial charge in [0.25, 0.3) is 0 Å². The molecule has 26 heavy (non-hydrogen) atoms. The monoisotopic (exact) mass is 353 g/mol. The molecular weight excluding hydrogens is 330 g/mol. The molecule has 0 saturated heterocycles. The molecule has 0 heterocycles. The van der Waals surface area contributed by atoms with Crippen LogP contribution in [-0.2, 0) is 11.3 Å². The summed E-state index contributed by atoms with van der Waals surface area (Å²) in [5, 5.41) is 12.0. The van der Waals surface area contributed by atoms with Gasteiger partial charge in [-0.3, -0.25) is 9.69 Å². The fraction of sp³-hybridized carbons (Fsp3) is 0.300. The number of para-hydroxylation sites is 2. The molecule has 0 spiro atoms. The van der Waals surface area contributed by atoms with Crippen molar-refractivity contribution in [2.75, 3.05) is 26.6 Å². The summed E-state index contributed by atoms with van der Waals surface area (Å²) in [5.41, 5.74) is 1.87. The Kier molecular flexibility index (Phi) is 6.59. The van der Waals surface area contributed by atoms with E-state index in [0.717, 1.165) is 5.56 Å². The van der Waals surface area contributed by atoms with Crippen LogP contribution in [-0.4, -0.2) is 38.1 Å². The lowest BCUT2D eigenvalue weighted by atomic mass is 10.1. The number of nitriles is 1. The maximum absolute atomic E-state index is 12.6. The number of carbonyl (C=O) groups excluding carboxylic acids is 1. The molecule has 0 saturated carbocycles. The zero-order valence-electron chi connectivity index (χ0n) is 15.4. The Morgan fingerprint density at radius 3 is 2.58 bits per heavy atom. The van der Waals surface area contributed by atoms with Crippen LogP contribution in [0.25, 0.3) is 0 Å². The van der Waals surface area contributed by atoms with Gasteiger partial charge in [0.2, 0.25) is 5.91 Å². The Morgan fingerprint density at radius 2 is 1.92 bits per heavy atom. The molecule has 136 valence electrons. The molecule has 0 aliphatic rings. The number of nitrogens with zero attached hydrogens (tertiary/aromatic N) is 2. The van der Waals surface area contributed by atoms with Gasteiger partial charge in [-0.15, -0.1) is 0 Å². The third kappa shape index (κ3) is 4.32. The highest BCUT2D eigenvalue weighted by Crippen LogP contribution is 2.31. The number of likely N-dealkylation sites (N-methyl/N-ethyl adjacent to an activating group) is 1. The van der Waals surface area contributed by atoms with Crippen molar-refractivity contribution in [1.82, 2.24) is 4.90 Å². The normalized spacial score (nSPS) is 11.5. The van der Waals surface area contributed by atoms with Crippen LogP contribution in [0.1, 0.15) is 18.1 Å². The van der Waals surface area contributed by atoms with Crippen molar-refractivity contribution < 1.29 is 14.3 Å². The van der Waals surface area contributed by atoms with E-state index in [2.05, 4.69) is 11.4 Å². The molecule has 0 aliphatic heterocycles. The minimum Gasteiger partial charge on any atom is -0.493 e. The number of hydrogen-bond acceptors (Lipinski definition) is 5. The lowest BCUT2D eigenvalue weighted by Crippen LogP contribution is -2.39. The molecule has 6 nitrogen and oxygen atoms in total. The van der Waals surface area contributed by atoms with Crippen molar-refractivity contribution in [3.8, 4) is 17.6 Å². The van der Waals surface area contributed by atoms with Crippen LogP contribution < -0.4 is 14.8 Å². The molecule has 1 unspecified atom stereocenters. The largest absolute Gasteiger partial charge is 0.493 e. The average Bonchev–Trinajstić information content (AvgIpc) is 2.67. The first-order chi connectivity index (χ1) is 12.5. The van der Waals surface area contributed by atoms with Gasteiger partial charge in [0.05, 0.1) is 31.5 Å². The van der Waals surface area contributed by atoms with Crippen LogP contribution in [0.5, 0.6) is 11.5 Å². The number of benzene rings is 2.